The predicted octanol–water partition coefficient (Wildman–Crippen LogP) is 5.24. The highest BCUT2D eigenvalue weighted by molar-refractivity contribution is 9.10. The Morgan fingerprint density at radius 3 is 2.41 bits per heavy atom. The Hall–Kier alpha value is -3.89. The average molecular weight is 491 g/mol. The summed E-state index contributed by atoms with van der Waals surface area (Å²) < 4.78 is 11.9. The third-order valence-corrected chi connectivity index (χ3v) is 4.93. The van der Waals surface area contributed by atoms with E-state index in [4.69, 9.17) is 14.7 Å². The van der Waals surface area contributed by atoms with Crippen LogP contribution in [0.2, 0.25) is 0 Å². The Balaban J connectivity index is 1.61. The average Bonchev–Trinajstić information content (AvgIpc) is 2.82. The molecule has 1 N–H and O–H groups in total. The van der Waals surface area contributed by atoms with E-state index in [1.807, 2.05) is 18.2 Å². The van der Waals surface area contributed by atoms with E-state index in [9.17, 15) is 9.59 Å². The molecule has 3 aromatic rings. The Bertz CT molecular complexity index is 1180. The number of hydrogen-bond acceptors (Lipinski definition) is 5. The van der Waals surface area contributed by atoms with Crippen molar-refractivity contribution < 1.29 is 19.1 Å². The molecule has 0 bridgehead atoms. The third kappa shape index (κ3) is 6.30. The first-order chi connectivity index (χ1) is 15.5. The van der Waals surface area contributed by atoms with Gasteiger partial charge in [-0.1, -0.05) is 28.1 Å². The minimum atomic E-state index is -0.300. The zero-order chi connectivity index (χ0) is 22.9. The van der Waals surface area contributed by atoms with Crippen LogP contribution in [0.1, 0.15) is 21.5 Å². The fraction of sp³-hybridized carbons (Fsp3) is 0.0800. The van der Waals surface area contributed by atoms with Crippen LogP contribution in [0, 0.1) is 11.3 Å². The van der Waals surface area contributed by atoms with E-state index < -0.39 is 0 Å². The van der Waals surface area contributed by atoms with Gasteiger partial charge in [-0.05, 0) is 72.3 Å². The van der Waals surface area contributed by atoms with Gasteiger partial charge in [0.15, 0.2) is 23.9 Å². The highest BCUT2D eigenvalue weighted by Crippen LogP contribution is 2.28. The molecule has 6 nitrogen and oxygen atoms in total. The van der Waals surface area contributed by atoms with E-state index in [-0.39, 0.29) is 18.3 Å². The van der Waals surface area contributed by atoms with Crippen LogP contribution in [0.3, 0.4) is 0 Å². The van der Waals surface area contributed by atoms with Gasteiger partial charge in [0, 0.05) is 15.7 Å². The molecule has 0 spiro atoms. The molecule has 0 saturated heterocycles. The molecule has 160 valence electrons. The molecular formula is C25H19BrN2O4. The molecular weight excluding hydrogens is 472 g/mol. The molecule has 0 saturated carbocycles. The molecule has 32 heavy (non-hydrogen) atoms. The largest absolute Gasteiger partial charge is 0.493 e. The lowest BCUT2D eigenvalue weighted by molar-refractivity contribution is -0.118. The number of ketones is 1. The molecule has 3 aromatic carbocycles. The molecule has 3 rings (SSSR count). The number of amides is 1. The van der Waals surface area contributed by atoms with Crippen LogP contribution in [-0.4, -0.2) is 25.4 Å². The number of hydrogen-bond donors (Lipinski definition) is 1. The number of nitrogens with zero attached hydrogens (tertiary/aromatic N) is 1. The van der Waals surface area contributed by atoms with Gasteiger partial charge in [-0.25, -0.2) is 0 Å². The number of methoxy groups -OCH3 is 1. The molecule has 1 amide bonds. The summed E-state index contributed by atoms with van der Waals surface area (Å²) in [5.74, 6) is 0.369. The summed E-state index contributed by atoms with van der Waals surface area (Å²) in [6.45, 7) is -0.182. The second kappa shape index (κ2) is 10.9. The summed E-state index contributed by atoms with van der Waals surface area (Å²) in [5, 5.41) is 11.6. The summed E-state index contributed by atoms with van der Waals surface area (Å²) in [6, 6.07) is 20.8. The molecule has 0 aromatic heterocycles. The normalized spacial score (nSPS) is 10.4. The molecule has 7 heteroatoms. The second-order valence-electron chi connectivity index (χ2n) is 6.64. The van der Waals surface area contributed by atoms with Crippen molar-refractivity contribution in [2.24, 2.45) is 0 Å². The molecule has 0 atom stereocenters. The number of rotatable bonds is 8. The van der Waals surface area contributed by atoms with Gasteiger partial charge in [-0.3, -0.25) is 9.59 Å². The van der Waals surface area contributed by atoms with E-state index >= 15 is 0 Å². The van der Waals surface area contributed by atoms with Gasteiger partial charge in [0.25, 0.3) is 5.91 Å². The lowest BCUT2D eigenvalue weighted by atomic mass is 10.1. The van der Waals surface area contributed by atoms with E-state index in [0.29, 0.717) is 28.3 Å². The summed E-state index contributed by atoms with van der Waals surface area (Å²) in [6.07, 6.45) is 3.11. The van der Waals surface area contributed by atoms with Crippen molar-refractivity contribution in [2.75, 3.05) is 19.0 Å². The standard InChI is InChI=1S/C25H19BrN2O4/c1-31-24-14-17(4-12-22(29)19-6-2-18(15-27)3-7-19)5-13-23(24)32-16-25(30)28-21-10-8-20(26)9-11-21/h2-14H,16H2,1H3,(H,28,30)/b12-4+. The number of halogens is 1. The maximum Gasteiger partial charge on any atom is 0.262 e. The van der Waals surface area contributed by atoms with Crippen molar-refractivity contribution in [3.8, 4) is 17.6 Å². The molecule has 0 radical (unpaired) electrons. The Morgan fingerprint density at radius 2 is 1.75 bits per heavy atom. The zero-order valence-electron chi connectivity index (χ0n) is 17.2. The molecule has 0 fully saturated rings. The van der Waals surface area contributed by atoms with Gasteiger partial charge in [-0.2, -0.15) is 5.26 Å². The lowest BCUT2D eigenvalue weighted by Gasteiger charge is -2.11. The molecule has 0 aliphatic carbocycles. The quantitative estimate of drug-likeness (QED) is 0.344. The monoisotopic (exact) mass is 490 g/mol. The highest BCUT2D eigenvalue weighted by Gasteiger charge is 2.09. The lowest BCUT2D eigenvalue weighted by Crippen LogP contribution is -2.20. The fourth-order valence-corrected chi connectivity index (χ4v) is 3.02. The highest BCUT2D eigenvalue weighted by atomic mass is 79.9. The Kier molecular flexibility index (Phi) is 7.79. The first-order valence-corrected chi connectivity index (χ1v) is 10.4. The number of benzene rings is 3. The minimum Gasteiger partial charge on any atom is -0.493 e. The Morgan fingerprint density at radius 1 is 1.03 bits per heavy atom. The van der Waals surface area contributed by atoms with Crippen molar-refractivity contribution in [3.05, 3.63) is 94.0 Å². The second-order valence-corrected chi connectivity index (χ2v) is 7.56. The van der Waals surface area contributed by atoms with Crippen LogP contribution in [0.5, 0.6) is 11.5 Å². The third-order valence-electron chi connectivity index (χ3n) is 4.40. The van der Waals surface area contributed by atoms with Crippen molar-refractivity contribution in [2.45, 2.75) is 0 Å². The molecule has 0 unspecified atom stereocenters. The van der Waals surface area contributed by atoms with Crippen LogP contribution in [-0.2, 0) is 4.79 Å². The summed E-state index contributed by atoms with van der Waals surface area (Å²) >= 11 is 3.35. The van der Waals surface area contributed by atoms with Gasteiger partial charge in [0.2, 0.25) is 0 Å². The van der Waals surface area contributed by atoms with E-state index in [1.165, 1.54) is 13.2 Å². The number of carbonyl (C=O) groups excluding carboxylic acids is 2. The smallest absolute Gasteiger partial charge is 0.262 e. The van der Waals surface area contributed by atoms with Crippen LogP contribution >= 0.6 is 15.9 Å². The van der Waals surface area contributed by atoms with Crippen LogP contribution in [0.15, 0.2) is 77.3 Å². The number of ether oxygens (including phenoxy) is 2. The number of anilines is 1. The van der Waals surface area contributed by atoms with E-state index in [1.54, 1.807) is 60.7 Å². The maximum atomic E-state index is 12.3. The summed E-state index contributed by atoms with van der Waals surface area (Å²) in [5.41, 5.74) is 2.39. The van der Waals surface area contributed by atoms with Crippen LogP contribution in [0.4, 0.5) is 5.69 Å². The maximum absolute atomic E-state index is 12.3. The van der Waals surface area contributed by atoms with E-state index in [2.05, 4.69) is 21.2 Å². The summed E-state index contributed by atoms with van der Waals surface area (Å²) in [4.78, 5) is 24.4. The van der Waals surface area contributed by atoms with E-state index in [0.717, 1.165) is 10.0 Å². The fourth-order valence-electron chi connectivity index (χ4n) is 2.76. The first-order valence-electron chi connectivity index (χ1n) is 9.57. The zero-order valence-corrected chi connectivity index (χ0v) is 18.8. The van der Waals surface area contributed by atoms with Crippen molar-refractivity contribution in [1.29, 1.82) is 5.26 Å². The van der Waals surface area contributed by atoms with Gasteiger partial charge in [0.1, 0.15) is 0 Å². The van der Waals surface area contributed by atoms with Gasteiger partial charge >= 0.3 is 0 Å². The first kappa shape index (κ1) is 22.8. The van der Waals surface area contributed by atoms with Gasteiger partial charge in [-0.15, -0.1) is 0 Å². The van der Waals surface area contributed by atoms with Gasteiger partial charge in [0.05, 0.1) is 18.7 Å². The predicted molar refractivity (Wildman–Crippen MR) is 126 cm³/mol. The Labute approximate surface area is 194 Å². The summed E-state index contributed by atoms with van der Waals surface area (Å²) in [7, 11) is 1.50. The number of carbonyl (C=O) groups is 2. The van der Waals surface area contributed by atoms with Crippen molar-refractivity contribution >= 4 is 39.4 Å². The minimum absolute atomic E-state index is 0.182. The number of allylic oxidation sites excluding steroid dienone is 1. The topological polar surface area (TPSA) is 88.4 Å². The molecule has 0 heterocycles. The van der Waals surface area contributed by atoms with Crippen molar-refractivity contribution in [3.63, 3.8) is 0 Å². The number of nitriles is 1. The number of nitrogens with one attached hydrogen (secondary N) is 1. The van der Waals surface area contributed by atoms with Crippen LogP contribution < -0.4 is 14.8 Å². The molecule has 0 aliphatic rings. The van der Waals surface area contributed by atoms with Crippen LogP contribution in [0.25, 0.3) is 6.08 Å². The van der Waals surface area contributed by atoms with Gasteiger partial charge < -0.3 is 14.8 Å². The molecule has 0 aliphatic heterocycles. The SMILES string of the molecule is COc1cc(/C=C/C(=O)c2ccc(C#N)cc2)ccc1OCC(=O)Nc1ccc(Br)cc1. The van der Waals surface area contributed by atoms with Crippen molar-refractivity contribution in [1.82, 2.24) is 0 Å².